The molecule has 1 N–H and O–H groups in total. The number of amides is 2. The first-order valence-corrected chi connectivity index (χ1v) is 12.9. The Labute approximate surface area is 194 Å². The zero-order valence-electron chi connectivity index (χ0n) is 18.4. The molecule has 0 radical (unpaired) electrons. The molecule has 0 heterocycles. The molecule has 2 amide bonds. The van der Waals surface area contributed by atoms with Gasteiger partial charge in [-0.15, -0.1) is 0 Å². The van der Waals surface area contributed by atoms with Crippen molar-refractivity contribution in [3.63, 3.8) is 0 Å². The molecule has 4 aliphatic carbocycles. The van der Waals surface area contributed by atoms with E-state index in [1.54, 1.807) is 7.05 Å². The Hall–Kier alpha value is -1.91. The number of hydrogen-bond acceptors (Lipinski definition) is 8. The van der Waals surface area contributed by atoms with E-state index < -0.39 is 21.6 Å². The fourth-order valence-electron chi connectivity index (χ4n) is 6.51. The first-order chi connectivity index (χ1) is 15.3. The number of nitrogens with one attached hydrogen (secondary N) is 1. The van der Waals surface area contributed by atoms with Crippen LogP contribution in [0.3, 0.4) is 0 Å². The fraction of sp³-hybridized carbons (Fsp3) is 0.636. The van der Waals surface area contributed by atoms with E-state index in [2.05, 4.69) is 9.08 Å². The van der Waals surface area contributed by atoms with E-state index >= 15 is 0 Å². The summed E-state index contributed by atoms with van der Waals surface area (Å²) in [5, 5.41) is -0.344. The van der Waals surface area contributed by atoms with Crippen molar-refractivity contribution in [1.82, 2.24) is 9.62 Å². The molecule has 0 aliphatic heterocycles. The lowest BCUT2D eigenvalue weighted by atomic mass is 9.49. The first kappa shape index (κ1) is 23.3. The van der Waals surface area contributed by atoms with Crippen LogP contribution in [0.4, 0.5) is 4.79 Å². The maximum atomic E-state index is 13.6. The Morgan fingerprint density at radius 2 is 1.84 bits per heavy atom. The van der Waals surface area contributed by atoms with E-state index in [0.717, 1.165) is 42.5 Å². The van der Waals surface area contributed by atoms with Crippen LogP contribution in [0.1, 0.15) is 51.0 Å². The molecule has 2 unspecified atom stereocenters. The minimum absolute atomic E-state index is 0.0944. The standard InChI is InChI=1S/C22H29N3O5S2/c1-3-30-18-6-4-15(5-7-18)9-19(26)25(20(27)31-23-2)22-12-16-8-17(13-22)11-21(10-16,14-22)24-32(28)29/h4-7,16-17,23H,3,8-14H2,1-2H3. The number of hydrogen-bond donors (Lipinski definition) is 1. The van der Waals surface area contributed by atoms with Gasteiger partial charge in [0.15, 0.2) is 0 Å². The summed E-state index contributed by atoms with van der Waals surface area (Å²) in [6.45, 7) is 2.47. The summed E-state index contributed by atoms with van der Waals surface area (Å²) >= 11 is 0.893. The molecule has 1 aromatic rings. The van der Waals surface area contributed by atoms with E-state index in [4.69, 9.17) is 4.74 Å². The Kier molecular flexibility index (Phi) is 6.65. The number of benzene rings is 1. The number of imide groups is 1. The molecule has 5 rings (SSSR count). The van der Waals surface area contributed by atoms with Gasteiger partial charge >= 0.3 is 15.7 Å². The average molecular weight is 480 g/mol. The zero-order valence-corrected chi connectivity index (χ0v) is 20.0. The smallest absolute Gasteiger partial charge is 0.311 e. The van der Waals surface area contributed by atoms with Gasteiger partial charge in [-0.1, -0.05) is 12.1 Å². The van der Waals surface area contributed by atoms with Gasteiger partial charge in [0.1, 0.15) is 5.75 Å². The summed E-state index contributed by atoms with van der Waals surface area (Å²) in [4.78, 5) is 28.2. The maximum Gasteiger partial charge on any atom is 0.311 e. The third kappa shape index (κ3) is 4.58. The summed E-state index contributed by atoms with van der Waals surface area (Å²) in [6.07, 6.45) is 4.40. The second-order valence-corrected chi connectivity index (χ2v) is 10.9. The molecule has 10 heteroatoms. The van der Waals surface area contributed by atoms with Crippen LogP contribution in [0.15, 0.2) is 28.6 Å². The van der Waals surface area contributed by atoms with Crippen LogP contribution >= 0.6 is 11.9 Å². The molecule has 8 nitrogen and oxygen atoms in total. The quantitative estimate of drug-likeness (QED) is 0.596. The van der Waals surface area contributed by atoms with Crippen LogP contribution in [-0.4, -0.2) is 49.2 Å². The molecule has 0 aromatic heterocycles. The van der Waals surface area contributed by atoms with Gasteiger partial charge in [0.2, 0.25) is 5.91 Å². The molecule has 4 saturated carbocycles. The Bertz CT molecular complexity index is 1000. The Morgan fingerprint density at radius 1 is 1.19 bits per heavy atom. The van der Waals surface area contributed by atoms with Crippen molar-refractivity contribution < 1.29 is 22.7 Å². The van der Waals surface area contributed by atoms with Crippen LogP contribution in [-0.2, 0) is 21.7 Å². The third-order valence-corrected chi connectivity index (χ3v) is 8.05. The number of ether oxygens (including phenoxy) is 1. The van der Waals surface area contributed by atoms with E-state index in [1.807, 2.05) is 31.2 Å². The number of rotatable bonds is 7. The van der Waals surface area contributed by atoms with Gasteiger partial charge in [-0.25, -0.2) is 0 Å². The number of carbonyl (C=O) groups excluding carboxylic acids is 2. The SMILES string of the molecule is CCOc1ccc(CC(=O)N(C(=O)SNC)C23CC4CC(CC(N=S(=O)=O)(C4)C2)C3)cc1. The highest BCUT2D eigenvalue weighted by Crippen LogP contribution is 2.61. The van der Waals surface area contributed by atoms with Crippen molar-refractivity contribution in [3.05, 3.63) is 29.8 Å². The molecule has 4 aliphatic rings. The highest BCUT2D eigenvalue weighted by Gasteiger charge is 2.62. The molecule has 2 atom stereocenters. The Balaban J connectivity index is 1.65. The molecule has 0 spiro atoms. The van der Waals surface area contributed by atoms with E-state index in [-0.39, 0.29) is 29.4 Å². The van der Waals surface area contributed by atoms with Crippen molar-refractivity contribution in [1.29, 1.82) is 0 Å². The van der Waals surface area contributed by atoms with Gasteiger partial charge in [0.05, 0.1) is 24.1 Å². The van der Waals surface area contributed by atoms with Crippen molar-refractivity contribution in [2.75, 3.05) is 13.7 Å². The second kappa shape index (κ2) is 9.15. The van der Waals surface area contributed by atoms with Crippen LogP contribution in [0.2, 0.25) is 0 Å². The van der Waals surface area contributed by atoms with E-state index in [1.165, 1.54) is 4.90 Å². The second-order valence-electron chi connectivity index (χ2n) is 9.27. The summed E-state index contributed by atoms with van der Waals surface area (Å²) in [5.41, 5.74) is -0.578. The summed E-state index contributed by atoms with van der Waals surface area (Å²) in [6, 6.07) is 7.33. The molecule has 4 bridgehead atoms. The van der Waals surface area contributed by atoms with Crippen molar-refractivity contribution in [2.24, 2.45) is 16.2 Å². The van der Waals surface area contributed by atoms with Gasteiger partial charge in [-0.3, -0.25) is 19.2 Å². The molecular formula is C22H29N3O5S2. The number of nitrogens with zero attached hydrogens (tertiary/aromatic N) is 2. The highest BCUT2D eigenvalue weighted by molar-refractivity contribution is 8.11. The molecule has 1 aromatic carbocycles. The summed E-state index contributed by atoms with van der Waals surface area (Å²) in [5.74, 6) is 1.02. The Morgan fingerprint density at radius 3 is 2.41 bits per heavy atom. The zero-order chi connectivity index (χ0) is 22.9. The molecule has 32 heavy (non-hydrogen) atoms. The summed E-state index contributed by atoms with van der Waals surface area (Å²) in [7, 11) is -0.865. The van der Waals surface area contributed by atoms with Gasteiger partial charge in [-0.2, -0.15) is 12.8 Å². The van der Waals surface area contributed by atoms with Crippen LogP contribution in [0.5, 0.6) is 5.75 Å². The normalized spacial score (nSPS) is 30.1. The van der Waals surface area contributed by atoms with Gasteiger partial charge in [-0.05, 0) is 82.0 Å². The lowest BCUT2D eigenvalue weighted by molar-refractivity contribution is -0.142. The fourth-order valence-corrected chi connectivity index (χ4v) is 7.60. The van der Waals surface area contributed by atoms with Gasteiger partial charge in [0, 0.05) is 11.9 Å². The van der Waals surface area contributed by atoms with Crippen LogP contribution in [0.25, 0.3) is 0 Å². The summed E-state index contributed by atoms with van der Waals surface area (Å²) < 4.78 is 35.4. The maximum absolute atomic E-state index is 13.6. The average Bonchev–Trinajstić information content (AvgIpc) is 2.67. The lowest BCUT2D eigenvalue weighted by Gasteiger charge is -2.62. The molecule has 4 fully saturated rings. The molecular weight excluding hydrogens is 450 g/mol. The minimum atomic E-state index is -2.51. The van der Waals surface area contributed by atoms with E-state index in [0.29, 0.717) is 25.9 Å². The topological polar surface area (TPSA) is 105 Å². The van der Waals surface area contributed by atoms with E-state index in [9.17, 15) is 18.0 Å². The largest absolute Gasteiger partial charge is 0.494 e. The molecule has 174 valence electrons. The van der Waals surface area contributed by atoms with Crippen molar-refractivity contribution in [3.8, 4) is 5.75 Å². The highest BCUT2D eigenvalue weighted by atomic mass is 32.2. The predicted octanol–water partition coefficient (Wildman–Crippen LogP) is 3.60. The van der Waals surface area contributed by atoms with Crippen LogP contribution in [0, 0.1) is 11.8 Å². The molecule has 0 saturated heterocycles. The minimum Gasteiger partial charge on any atom is -0.494 e. The van der Waals surface area contributed by atoms with Gasteiger partial charge < -0.3 is 4.74 Å². The predicted molar refractivity (Wildman–Crippen MR) is 122 cm³/mol. The number of carbonyl (C=O) groups is 2. The monoisotopic (exact) mass is 479 g/mol. The van der Waals surface area contributed by atoms with Gasteiger partial charge in [0.25, 0.3) is 0 Å². The van der Waals surface area contributed by atoms with Crippen molar-refractivity contribution >= 4 is 33.6 Å². The van der Waals surface area contributed by atoms with Crippen LogP contribution < -0.4 is 9.46 Å². The van der Waals surface area contributed by atoms with Crippen molar-refractivity contribution in [2.45, 2.75) is 62.9 Å². The lowest BCUT2D eigenvalue weighted by Crippen LogP contribution is -2.67. The first-order valence-electron chi connectivity index (χ1n) is 11.0. The third-order valence-electron chi connectivity index (χ3n) is 6.95.